The highest BCUT2D eigenvalue weighted by molar-refractivity contribution is 7.86. The second-order valence-corrected chi connectivity index (χ2v) is 7.54. The molecular formula is C17H14N4O6S2. The Balaban J connectivity index is 2.09. The van der Waals surface area contributed by atoms with E-state index in [4.69, 9.17) is 4.74 Å². The summed E-state index contributed by atoms with van der Waals surface area (Å²) in [5, 5.41) is 7.55. The predicted molar refractivity (Wildman–Crippen MR) is 103 cm³/mol. The lowest BCUT2D eigenvalue weighted by Crippen LogP contribution is -2.30. The van der Waals surface area contributed by atoms with E-state index in [1.54, 1.807) is 25.1 Å². The highest BCUT2D eigenvalue weighted by Gasteiger charge is 2.30. The van der Waals surface area contributed by atoms with Crippen LogP contribution >= 0.6 is 11.7 Å². The van der Waals surface area contributed by atoms with Crippen molar-refractivity contribution in [2.75, 3.05) is 6.61 Å². The van der Waals surface area contributed by atoms with Crippen molar-refractivity contribution in [3.63, 3.8) is 0 Å². The van der Waals surface area contributed by atoms with Gasteiger partial charge in [0.15, 0.2) is 0 Å². The van der Waals surface area contributed by atoms with Gasteiger partial charge in [0.05, 0.1) is 18.3 Å². The summed E-state index contributed by atoms with van der Waals surface area (Å²) in [7, 11) is -4.67. The highest BCUT2D eigenvalue weighted by atomic mass is 32.2. The van der Waals surface area contributed by atoms with Gasteiger partial charge in [-0.15, -0.1) is 0 Å². The molecule has 0 spiro atoms. The molecule has 29 heavy (non-hydrogen) atoms. The monoisotopic (exact) mass is 434 g/mol. The van der Waals surface area contributed by atoms with Crippen molar-refractivity contribution < 1.29 is 27.3 Å². The molecule has 3 aromatic rings. The van der Waals surface area contributed by atoms with Gasteiger partial charge < -0.3 is 4.74 Å². The topological polar surface area (TPSA) is 148 Å². The number of benzene rings is 2. The third kappa shape index (κ3) is 4.50. The maximum Gasteiger partial charge on any atom is 0.341 e. The summed E-state index contributed by atoms with van der Waals surface area (Å²) in [6.07, 6.45) is 0. The molecule has 0 radical (unpaired) electrons. The van der Waals surface area contributed by atoms with Gasteiger partial charge in [-0.2, -0.15) is 27.4 Å². The Labute approximate surface area is 169 Å². The molecule has 12 heteroatoms. The molecule has 0 aliphatic heterocycles. The van der Waals surface area contributed by atoms with Crippen molar-refractivity contribution in [2.45, 2.75) is 17.9 Å². The van der Waals surface area contributed by atoms with Crippen LogP contribution in [0.5, 0.6) is 0 Å². The van der Waals surface area contributed by atoms with Crippen LogP contribution in [0.15, 0.2) is 57.6 Å². The summed E-state index contributed by atoms with van der Waals surface area (Å²) in [6.45, 7) is 1.58. The number of carbonyl (C=O) groups is 2. The van der Waals surface area contributed by atoms with Gasteiger partial charge in [0.25, 0.3) is 10.1 Å². The van der Waals surface area contributed by atoms with Crippen LogP contribution in [0.4, 0.5) is 5.69 Å². The van der Waals surface area contributed by atoms with Crippen molar-refractivity contribution in [3.05, 3.63) is 48.0 Å². The number of nitrogens with zero attached hydrogens (tertiary/aromatic N) is 4. The van der Waals surface area contributed by atoms with Crippen molar-refractivity contribution in [1.82, 2.24) is 8.75 Å². The quantitative estimate of drug-likeness (QED) is 0.196. The number of rotatable bonds is 7. The smallest absolute Gasteiger partial charge is 0.341 e. The lowest BCUT2D eigenvalue weighted by atomic mass is 10.1. The molecule has 1 N–H and O–H groups in total. The van der Waals surface area contributed by atoms with E-state index in [0.29, 0.717) is 5.52 Å². The molecule has 2 aromatic carbocycles. The van der Waals surface area contributed by atoms with Crippen molar-refractivity contribution >= 4 is 50.3 Å². The van der Waals surface area contributed by atoms with Crippen LogP contribution in [0, 0.1) is 0 Å². The van der Waals surface area contributed by atoms with E-state index >= 15 is 0 Å². The van der Waals surface area contributed by atoms with Gasteiger partial charge in [-0.05, 0) is 19.1 Å². The van der Waals surface area contributed by atoms with Crippen LogP contribution in [-0.2, 0) is 19.6 Å². The summed E-state index contributed by atoms with van der Waals surface area (Å²) >= 11 is 0.802. The third-order valence-corrected chi connectivity index (χ3v) is 5.16. The number of ether oxygens (including phenoxy) is 1. The number of hydrogen-bond acceptors (Lipinski definition) is 10. The van der Waals surface area contributed by atoms with Crippen LogP contribution in [0.25, 0.3) is 11.0 Å². The summed E-state index contributed by atoms with van der Waals surface area (Å²) < 4.78 is 45.7. The Bertz CT molecular complexity index is 1190. The number of fused-ring (bicyclic) bond motifs is 1. The van der Waals surface area contributed by atoms with Crippen LogP contribution in [0.2, 0.25) is 0 Å². The maximum absolute atomic E-state index is 12.7. The Morgan fingerprint density at radius 2 is 1.90 bits per heavy atom. The van der Waals surface area contributed by atoms with Gasteiger partial charge in [-0.1, -0.05) is 30.3 Å². The summed E-state index contributed by atoms with van der Waals surface area (Å²) in [5.74, 6) is -1.62. The molecule has 1 unspecified atom stereocenters. The maximum atomic E-state index is 12.7. The normalized spacial score (nSPS) is 12.9. The van der Waals surface area contributed by atoms with Crippen molar-refractivity contribution in [3.8, 4) is 0 Å². The predicted octanol–water partition coefficient (Wildman–Crippen LogP) is 2.84. The van der Waals surface area contributed by atoms with E-state index < -0.39 is 32.8 Å². The molecule has 0 bridgehead atoms. The molecule has 10 nitrogen and oxygen atoms in total. The molecule has 3 rings (SSSR count). The van der Waals surface area contributed by atoms with Gasteiger partial charge >= 0.3 is 5.97 Å². The second kappa shape index (κ2) is 8.51. The Morgan fingerprint density at radius 1 is 1.17 bits per heavy atom. The minimum atomic E-state index is -4.67. The van der Waals surface area contributed by atoms with Crippen molar-refractivity contribution in [1.29, 1.82) is 0 Å². The molecule has 0 amide bonds. The number of Topliss-reactive ketones (excluding diaryl/α,β-unsaturated/α-hetero) is 1. The zero-order valence-corrected chi connectivity index (χ0v) is 16.6. The molecule has 0 saturated carbocycles. The van der Waals surface area contributed by atoms with Crippen molar-refractivity contribution in [2.24, 2.45) is 10.2 Å². The Hall–Kier alpha value is -3.09. The number of aromatic nitrogens is 2. The van der Waals surface area contributed by atoms with Crippen LogP contribution < -0.4 is 0 Å². The summed E-state index contributed by atoms with van der Waals surface area (Å²) in [6, 6.07) is 8.71. The van der Waals surface area contributed by atoms with Gasteiger partial charge in [-0.25, -0.2) is 4.79 Å². The SMILES string of the molecule is CCOC(=O)C(N=Nc1c(S(=O)(=O)O)ccc2nsnc12)C(=O)c1ccccc1. The zero-order valence-electron chi connectivity index (χ0n) is 14.9. The van der Waals surface area contributed by atoms with E-state index in [0.717, 1.165) is 17.8 Å². The number of hydrogen-bond donors (Lipinski definition) is 1. The first-order valence-electron chi connectivity index (χ1n) is 8.22. The van der Waals surface area contributed by atoms with Gasteiger partial charge in [-0.3, -0.25) is 9.35 Å². The highest BCUT2D eigenvalue weighted by Crippen LogP contribution is 2.32. The summed E-state index contributed by atoms with van der Waals surface area (Å²) in [5.41, 5.74) is 0.254. The lowest BCUT2D eigenvalue weighted by molar-refractivity contribution is -0.143. The standard InChI is InChI=1S/C17H14N4O6S2/c1-2-27-17(23)15(16(22)10-6-4-3-5-7-10)19-18-14-12(29(24,25)26)9-8-11-13(14)21-28-20-11/h3-9,15H,2H2,1H3,(H,24,25,26). The van der Waals surface area contributed by atoms with E-state index in [2.05, 4.69) is 19.0 Å². The second-order valence-electron chi connectivity index (χ2n) is 5.62. The van der Waals surface area contributed by atoms with Crippen LogP contribution in [0.1, 0.15) is 17.3 Å². The van der Waals surface area contributed by atoms with Gasteiger partial charge in [0.1, 0.15) is 21.6 Å². The molecule has 0 fully saturated rings. The molecule has 150 valence electrons. The average molecular weight is 434 g/mol. The fourth-order valence-corrected chi connectivity index (χ4v) is 3.59. The minimum absolute atomic E-state index is 0.00871. The van der Waals surface area contributed by atoms with Gasteiger partial charge in [0, 0.05) is 5.56 Å². The first-order chi connectivity index (χ1) is 13.8. The number of esters is 1. The average Bonchev–Trinajstić information content (AvgIpc) is 3.17. The van der Waals surface area contributed by atoms with E-state index in [1.807, 2.05) is 0 Å². The minimum Gasteiger partial charge on any atom is -0.464 e. The molecular weight excluding hydrogens is 420 g/mol. The number of azo groups is 1. The molecule has 1 atom stereocenters. The van der Waals surface area contributed by atoms with Crippen LogP contribution in [-0.4, -0.2) is 46.1 Å². The van der Waals surface area contributed by atoms with E-state index in [1.165, 1.54) is 18.2 Å². The molecule has 0 aliphatic carbocycles. The largest absolute Gasteiger partial charge is 0.464 e. The lowest BCUT2D eigenvalue weighted by Gasteiger charge is -2.10. The molecule has 0 aliphatic rings. The van der Waals surface area contributed by atoms with Gasteiger partial charge in [0.2, 0.25) is 11.8 Å². The Morgan fingerprint density at radius 3 is 2.55 bits per heavy atom. The van der Waals surface area contributed by atoms with Crippen LogP contribution in [0.3, 0.4) is 0 Å². The fraction of sp³-hybridized carbons (Fsp3) is 0.176. The first kappa shape index (κ1) is 20.6. The number of carbonyl (C=O) groups excluding carboxylic acids is 2. The third-order valence-electron chi connectivity index (χ3n) is 3.73. The summed E-state index contributed by atoms with van der Waals surface area (Å²) in [4.78, 5) is 24.4. The Kier molecular flexibility index (Phi) is 6.06. The first-order valence-corrected chi connectivity index (χ1v) is 10.4. The zero-order chi connectivity index (χ0) is 21.0. The molecule has 1 aromatic heterocycles. The van der Waals surface area contributed by atoms with E-state index in [9.17, 15) is 22.6 Å². The van der Waals surface area contributed by atoms with E-state index in [-0.39, 0.29) is 23.4 Å². The number of ketones is 1. The fourth-order valence-electron chi connectivity index (χ4n) is 2.43. The molecule has 1 heterocycles. The molecule has 0 saturated heterocycles.